The number of guanidine groups is 1. The molecule has 0 spiro atoms. The van der Waals surface area contributed by atoms with Crippen molar-refractivity contribution in [2.45, 2.75) is 46.1 Å². The Bertz CT molecular complexity index is 254. The van der Waals surface area contributed by atoms with Gasteiger partial charge >= 0.3 is 0 Å². The summed E-state index contributed by atoms with van der Waals surface area (Å²) in [6.07, 6.45) is 4.11. The first-order chi connectivity index (χ1) is 7.93. The Kier molecular flexibility index (Phi) is 5.25. The summed E-state index contributed by atoms with van der Waals surface area (Å²) in [5, 5.41) is 3.19. The molecule has 0 radical (unpaired) electrons. The largest absolute Gasteiger partial charge is 0.379 e. The molecule has 1 saturated carbocycles. The van der Waals surface area contributed by atoms with Crippen molar-refractivity contribution in [1.29, 1.82) is 0 Å². The molecule has 1 aliphatic rings. The highest BCUT2D eigenvalue weighted by atomic mass is 16.5. The molecule has 0 aliphatic heterocycles. The predicted octanol–water partition coefficient (Wildman–Crippen LogP) is 1.75. The van der Waals surface area contributed by atoms with Crippen LogP contribution in [0.2, 0.25) is 0 Å². The summed E-state index contributed by atoms with van der Waals surface area (Å²) >= 11 is 0. The fraction of sp³-hybridized carbons (Fsp3) is 0.923. The lowest BCUT2D eigenvalue weighted by molar-refractivity contribution is 0.0241. The zero-order valence-corrected chi connectivity index (χ0v) is 11.6. The highest BCUT2D eigenvalue weighted by molar-refractivity contribution is 5.77. The summed E-state index contributed by atoms with van der Waals surface area (Å²) < 4.78 is 5.43. The molecule has 3 N–H and O–H groups in total. The van der Waals surface area contributed by atoms with Crippen LogP contribution in [-0.4, -0.2) is 32.3 Å². The van der Waals surface area contributed by atoms with Gasteiger partial charge in [-0.1, -0.05) is 27.2 Å². The maximum absolute atomic E-state index is 5.83. The molecular weight excluding hydrogens is 214 g/mol. The normalized spacial score (nSPS) is 19.9. The maximum Gasteiger partial charge on any atom is 0.188 e. The van der Waals surface area contributed by atoms with Gasteiger partial charge in [-0.3, -0.25) is 4.99 Å². The molecule has 0 heterocycles. The van der Waals surface area contributed by atoms with Gasteiger partial charge in [-0.15, -0.1) is 0 Å². The Labute approximate surface area is 105 Å². The van der Waals surface area contributed by atoms with Gasteiger partial charge in [0.2, 0.25) is 0 Å². The standard InChI is InChI=1S/C13H27N3O/c1-13(2,3)11(17-4)9-16-12(14)15-8-10-6-5-7-10/h10-11H,5-9H2,1-4H3,(H3,14,15,16). The molecule has 100 valence electrons. The number of nitrogens with zero attached hydrogens (tertiary/aromatic N) is 1. The quantitative estimate of drug-likeness (QED) is 0.569. The van der Waals surface area contributed by atoms with Gasteiger partial charge in [0.25, 0.3) is 0 Å². The van der Waals surface area contributed by atoms with Crippen molar-refractivity contribution in [2.75, 3.05) is 20.2 Å². The molecule has 4 nitrogen and oxygen atoms in total. The van der Waals surface area contributed by atoms with Crippen LogP contribution in [0, 0.1) is 11.3 Å². The predicted molar refractivity (Wildman–Crippen MR) is 72.1 cm³/mol. The van der Waals surface area contributed by atoms with E-state index in [1.807, 2.05) is 0 Å². The Morgan fingerprint density at radius 1 is 1.47 bits per heavy atom. The van der Waals surface area contributed by atoms with E-state index >= 15 is 0 Å². The molecule has 1 aliphatic carbocycles. The Hall–Kier alpha value is -0.770. The molecule has 1 unspecified atom stereocenters. The number of ether oxygens (including phenoxy) is 1. The van der Waals surface area contributed by atoms with E-state index in [0.717, 1.165) is 12.5 Å². The number of nitrogens with two attached hydrogens (primary N) is 1. The van der Waals surface area contributed by atoms with Crippen molar-refractivity contribution in [3.8, 4) is 0 Å². The summed E-state index contributed by atoms with van der Waals surface area (Å²) in [5.41, 5.74) is 5.92. The molecule has 17 heavy (non-hydrogen) atoms. The van der Waals surface area contributed by atoms with Gasteiger partial charge in [0.15, 0.2) is 5.96 Å². The van der Waals surface area contributed by atoms with E-state index in [-0.39, 0.29) is 11.5 Å². The molecule has 1 atom stereocenters. The lowest BCUT2D eigenvalue weighted by atomic mass is 9.85. The van der Waals surface area contributed by atoms with Crippen LogP contribution in [0.3, 0.4) is 0 Å². The van der Waals surface area contributed by atoms with Gasteiger partial charge in [-0.2, -0.15) is 0 Å². The van der Waals surface area contributed by atoms with Crippen LogP contribution in [0.25, 0.3) is 0 Å². The summed E-state index contributed by atoms with van der Waals surface area (Å²) in [5.74, 6) is 1.34. The number of rotatable bonds is 5. The summed E-state index contributed by atoms with van der Waals surface area (Å²) in [4.78, 5) is 4.35. The van der Waals surface area contributed by atoms with Gasteiger partial charge in [0.05, 0.1) is 12.6 Å². The summed E-state index contributed by atoms with van der Waals surface area (Å²) in [6.45, 7) is 8.02. The summed E-state index contributed by atoms with van der Waals surface area (Å²) in [6, 6.07) is 0. The molecule has 0 bridgehead atoms. The second-order valence-electron chi connectivity index (χ2n) is 5.99. The number of aliphatic imine (C=N–C) groups is 1. The molecule has 0 amide bonds. The highest BCUT2D eigenvalue weighted by Crippen LogP contribution is 2.25. The minimum Gasteiger partial charge on any atom is -0.379 e. The van der Waals surface area contributed by atoms with Gasteiger partial charge in [-0.05, 0) is 24.2 Å². The molecule has 4 heteroatoms. The molecule has 1 rings (SSSR count). The fourth-order valence-electron chi connectivity index (χ4n) is 1.88. The smallest absolute Gasteiger partial charge is 0.188 e. The van der Waals surface area contributed by atoms with Gasteiger partial charge < -0.3 is 15.8 Å². The highest BCUT2D eigenvalue weighted by Gasteiger charge is 2.24. The van der Waals surface area contributed by atoms with Gasteiger partial charge in [-0.25, -0.2) is 0 Å². The van der Waals surface area contributed by atoms with E-state index in [4.69, 9.17) is 10.5 Å². The van der Waals surface area contributed by atoms with Crippen molar-refractivity contribution < 1.29 is 4.74 Å². The molecular formula is C13H27N3O. The Morgan fingerprint density at radius 2 is 2.12 bits per heavy atom. The zero-order chi connectivity index (χ0) is 12.9. The fourth-order valence-corrected chi connectivity index (χ4v) is 1.88. The lowest BCUT2D eigenvalue weighted by Gasteiger charge is -2.28. The van der Waals surface area contributed by atoms with Gasteiger partial charge in [0, 0.05) is 13.7 Å². The van der Waals surface area contributed by atoms with Crippen molar-refractivity contribution in [1.82, 2.24) is 5.32 Å². The van der Waals surface area contributed by atoms with Crippen molar-refractivity contribution in [3.05, 3.63) is 0 Å². The van der Waals surface area contributed by atoms with Crippen LogP contribution in [0.5, 0.6) is 0 Å². The Balaban J connectivity index is 2.29. The molecule has 1 fully saturated rings. The van der Waals surface area contributed by atoms with Crippen LogP contribution in [0.15, 0.2) is 4.99 Å². The van der Waals surface area contributed by atoms with E-state index in [1.165, 1.54) is 19.3 Å². The Morgan fingerprint density at radius 3 is 2.53 bits per heavy atom. The third-order valence-electron chi connectivity index (χ3n) is 3.47. The van der Waals surface area contributed by atoms with E-state index in [9.17, 15) is 0 Å². The molecule has 0 aromatic heterocycles. The van der Waals surface area contributed by atoms with Crippen LogP contribution < -0.4 is 11.1 Å². The molecule has 0 aromatic rings. The first-order valence-electron chi connectivity index (χ1n) is 6.50. The number of hydrogen-bond donors (Lipinski definition) is 2. The first-order valence-corrected chi connectivity index (χ1v) is 6.50. The minimum absolute atomic E-state index is 0.0898. The van der Waals surface area contributed by atoms with Crippen LogP contribution in [0.1, 0.15) is 40.0 Å². The zero-order valence-electron chi connectivity index (χ0n) is 11.6. The third kappa shape index (κ3) is 4.94. The topological polar surface area (TPSA) is 59.6 Å². The lowest BCUT2D eigenvalue weighted by Crippen LogP contribution is -2.39. The average Bonchev–Trinajstić information content (AvgIpc) is 2.14. The number of hydrogen-bond acceptors (Lipinski definition) is 2. The monoisotopic (exact) mass is 241 g/mol. The van der Waals surface area contributed by atoms with E-state index < -0.39 is 0 Å². The molecule has 0 aromatic carbocycles. The van der Waals surface area contributed by atoms with Crippen molar-refractivity contribution in [3.63, 3.8) is 0 Å². The van der Waals surface area contributed by atoms with E-state index in [1.54, 1.807) is 7.11 Å². The van der Waals surface area contributed by atoms with Crippen LogP contribution >= 0.6 is 0 Å². The van der Waals surface area contributed by atoms with Crippen molar-refractivity contribution >= 4 is 5.96 Å². The first kappa shape index (κ1) is 14.3. The SMILES string of the molecule is COC(CN=C(N)NCC1CCC1)C(C)(C)C. The second-order valence-corrected chi connectivity index (χ2v) is 5.99. The van der Waals surface area contributed by atoms with E-state index in [0.29, 0.717) is 12.5 Å². The number of nitrogens with one attached hydrogen (secondary N) is 1. The second kappa shape index (κ2) is 6.24. The van der Waals surface area contributed by atoms with Crippen LogP contribution in [-0.2, 0) is 4.74 Å². The summed E-state index contributed by atoms with van der Waals surface area (Å²) in [7, 11) is 1.73. The molecule has 0 saturated heterocycles. The minimum atomic E-state index is 0.0898. The number of methoxy groups -OCH3 is 1. The van der Waals surface area contributed by atoms with E-state index in [2.05, 4.69) is 31.1 Å². The third-order valence-corrected chi connectivity index (χ3v) is 3.47. The maximum atomic E-state index is 5.83. The average molecular weight is 241 g/mol. The van der Waals surface area contributed by atoms with Crippen LogP contribution in [0.4, 0.5) is 0 Å². The van der Waals surface area contributed by atoms with Crippen molar-refractivity contribution in [2.24, 2.45) is 22.1 Å². The van der Waals surface area contributed by atoms with Gasteiger partial charge in [0.1, 0.15) is 0 Å².